The molecule has 1 aliphatic rings. The van der Waals surface area contributed by atoms with Crippen molar-refractivity contribution in [2.45, 2.75) is 30.8 Å². The van der Waals surface area contributed by atoms with Crippen LogP contribution >= 0.6 is 27.3 Å². The normalized spacial score (nSPS) is 17.8. The number of carboxylic acids is 1. The molecule has 2 heterocycles. The maximum atomic E-state index is 12.6. The molecule has 5 nitrogen and oxygen atoms in total. The first-order valence-electron chi connectivity index (χ1n) is 6.98. The molecular weight excluding hydrogens is 402 g/mol. The summed E-state index contributed by atoms with van der Waals surface area (Å²) in [6.07, 6.45) is 0.239. The minimum atomic E-state index is -3.74. The Morgan fingerprint density at radius 2 is 2.04 bits per heavy atom. The molecule has 3 rings (SSSR count). The van der Waals surface area contributed by atoms with Crippen LogP contribution < -0.4 is 0 Å². The summed E-state index contributed by atoms with van der Waals surface area (Å²) in [6.45, 7) is 1.80. The number of hydrogen-bond donors (Lipinski definition) is 1. The van der Waals surface area contributed by atoms with Crippen LogP contribution in [0.5, 0.6) is 0 Å². The zero-order chi connectivity index (χ0) is 16.8. The van der Waals surface area contributed by atoms with Crippen LogP contribution in [0.3, 0.4) is 0 Å². The van der Waals surface area contributed by atoms with Crippen LogP contribution in [0.4, 0.5) is 0 Å². The monoisotopic (exact) mass is 415 g/mol. The van der Waals surface area contributed by atoms with Crippen molar-refractivity contribution in [3.8, 4) is 10.4 Å². The van der Waals surface area contributed by atoms with Gasteiger partial charge in [-0.25, -0.2) is 8.42 Å². The Morgan fingerprint density at radius 3 is 2.57 bits per heavy atom. The van der Waals surface area contributed by atoms with E-state index >= 15 is 0 Å². The van der Waals surface area contributed by atoms with Crippen molar-refractivity contribution in [3.63, 3.8) is 0 Å². The van der Waals surface area contributed by atoms with Crippen molar-refractivity contribution in [3.05, 3.63) is 39.7 Å². The topological polar surface area (TPSA) is 74.7 Å². The van der Waals surface area contributed by atoms with E-state index in [0.29, 0.717) is 4.88 Å². The fourth-order valence-corrected chi connectivity index (χ4v) is 6.29. The number of fused-ring (bicyclic) bond motifs is 1. The number of thiophene rings is 1. The van der Waals surface area contributed by atoms with Gasteiger partial charge in [0, 0.05) is 14.2 Å². The molecule has 0 aliphatic carbocycles. The molecule has 1 aromatic carbocycles. The average molecular weight is 416 g/mol. The second-order valence-electron chi connectivity index (χ2n) is 5.22. The molecule has 0 spiro atoms. The predicted octanol–water partition coefficient (Wildman–Crippen LogP) is 3.55. The molecule has 0 saturated carbocycles. The number of rotatable bonds is 4. The van der Waals surface area contributed by atoms with Crippen molar-refractivity contribution < 1.29 is 18.3 Å². The fourth-order valence-electron chi connectivity index (χ4n) is 2.63. The number of halogens is 1. The second kappa shape index (κ2) is 6.01. The molecule has 0 fully saturated rings. The lowest BCUT2D eigenvalue weighted by Gasteiger charge is -2.21. The molecule has 1 aliphatic heterocycles. The zero-order valence-corrected chi connectivity index (χ0v) is 15.4. The molecule has 1 N–H and O–H groups in total. The molecule has 0 amide bonds. The van der Waals surface area contributed by atoms with E-state index in [9.17, 15) is 18.3 Å². The number of sulfonamides is 1. The van der Waals surface area contributed by atoms with Crippen LogP contribution in [0.1, 0.15) is 18.2 Å². The van der Waals surface area contributed by atoms with Gasteiger partial charge in [-0.05, 0) is 30.2 Å². The predicted molar refractivity (Wildman–Crippen MR) is 91.9 cm³/mol. The summed E-state index contributed by atoms with van der Waals surface area (Å²) in [5.74, 6) is -1.11. The van der Waals surface area contributed by atoms with E-state index in [0.717, 1.165) is 19.2 Å². The Labute approximate surface area is 146 Å². The van der Waals surface area contributed by atoms with Crippen LogP contribution in [0.25, 0.3) is 10.4 Å². The highest BCUT2D eigenvalue weighted by atomic mass is 79.9. The highest BCUT2D eigenvalue weighted by Crippen LogP contribution is 2.42. The smallest absolute Gasteiger partial charge is 0.322 e. The van der Waals surface area contributed by atoms with Gasteiger partial charge >= 0.3 is 5.97 Å². The zero-order valence-electron chi connectivity index (χ0n) is 12.2. The molecule has 8 heteroatoms. The Bertz CT molecular complexity index is 858. The maximum Gasteiger partial charge on any atom is 0.322 e. The molecule has 1 atom stereocenters. The summed E-state index contributed by atoms with van der Waals surface area (Å²) in [4.78, 5) is 13.1. The number of benzene rings is 1. The molecule has 1 unspecified atom stereocenters. The van der Waals surface area contributed by atoms with Gasteiger partial charge in [0.1, 0.15) is 6.04 Å². The second-order valence-corrected chi connectivity index (χ2v) is 9.13. The molecule has 0 saturated heterocycles. The molecule has 1 aromatic heterocycles. The van der Waals surface area contributed by atoms with E-state index in [2.05, 4.69) is 15.9 Å². The van der Waals surface area contributed by atoms with Gasteiger partial charge in [0.05, 0.1) is 11.4 Å². The van der Waals surface area contributed by atoms with Gasteiger partial charge in [-0.1, -0.05) is 35.0 Å². The first-order chi connectivity index (χ1) is 10.8. The first-order valence-corrected chi connectivity index (χ1v) is 10.0. The minimum absolute atomic E-state index is 0.129. The third-order valence-electron chi connectivity index (χ3n) is 3.80. The summed E-state index contributed by atoms with van der Waals surface area (Å²) >= 11 is 4.77. The summed E-state index contributed by atoms with van der Waals surface area (Å²) in [5.41, 5.74) is 0.944. The standard InChI is InChI=1S/C15H14BrNO4S2/c1-2-11(15(18)19)17-8-13-14(23(17,20)21)7-12(22-13)9-3-5-10(16)6-4-9/h3-7,11H,2,8H2,1H3,(H,18,19). The summed E-state index contributed by atoms with van der Waals surface area (Å²) in [7, 11) is -3.74. The third kappa shape index (κ3) is 2.84. The van der Waals surface area contributed by atoms with Crippen molar-refractivity contribution >= 4 is 43.3 Å². The van der Waals surface area contributed by atoms with Crippen LogP contribution in [0.15, 0.2) is 39.7 Å². The maximum absolute atomic E-state index is 12.6. The Balaban J connectivity index is 1.99. The molecule has 0 bridgehead atoms. The van der Waals surface area contributed by atoms with Gasteiger partial charge in [-0.2, -0.15) is 4.31 Å². The largest absolute Gasteiger partial charge is 0.480 e. The highest BCUT2D eigenvalue weighted by Gasteiger charge is 2.42. The summed E-state index contributed by atoms with van der Waals surface area (Å²) in [6, 6.07) is 8.27. The van der Waals surface area contributed by atoms with Gasteiger partial charge in [0.25, 0.3) is 0 Å². The molecule has 23 heavy (non-hydrogen) atoms. The van der Waals surface area contributed by atoms with Crippen LogP contribution in [0.2, 0.25) is 0 Å². The van der Waals surface area contributed by atoms with Gasteiger partial charge in [0.2, 0.25) is 10.0 Å². The first kappa shape index (κ1) is 16.6. The van der Waals surface area contributed by atoms with E-state index in [-0.39, 0.29) is 17.9 Å². The van der Waals surface area contributed by atoms with Gasteiger partial charge in [-0.15, -0.1) is 11.3 Å². The van der Waals surface area contributed by atoms with Crippen molar-refractivity contribution in [2.75, 3.05) is 0 Å². The van der Waals surface area contributed by atoms with E-state index in [4.69, 9.17) is 0 Å². The Morgan fingerprint density at radius 1 is 1.39 bits per heavy atom. The van der Waals surface area contributed by atoms with Crippen molar-refractivity contribution in [2.24, 2.45) is 0 Å². The van der Waals surface area contributed by atoms with Gasteiger partial charge in [0.15, 0.2) is 0 Å². The Hall–Kier alpha value is -1.22. The van der Waals surface area contributed by atoms with Gasteiger partial charge in [-0.3, -0.25) is 4.79 Å². The van der Waals surface area contributed by atoms with E-state index in [1.54, 1.807) is 13.0 Å². The highest BCUT2D eigenvalue weighted by molar-refractivity contribution is 9.10. The number of nitrogens with zero attached hydrogens (tertiary/aromatic N) is 1. The number of hydrogen-bond acceptors (Lipinski definition) is 4. The summed E-state index contributed by atoms with van der Waals surface area (Å²) < 4.78 is 27.3. The van der Waals surface area contributed by atoms with Crippen molar-refractivity contribution in [1.82, 2.24) is 4.31 Å². The molecule has 0 radical (unpaired) electrons. The molecule has 2 aromatic rings. The van der Waals surface area contributed by atoms with E-state index in [1.165, 1.54) is 11.3 Å². The van der Waals surface area contributed by atoms with E-state index < -0.39 is 22.0 Å². The molecular formula is C15H14BrNO4S2. The average Bonchev–Trinajstić information content (AvgIpc) is 3.00. The van der Waals surface area contributed by atoms with Crippen LogP contribution in [-0.2, 0) is 21.4 Å². The SMILES string of the molecule is CCC(C(=O)O)N1Cc2sc(-c3ccc(Br)cc3)cc2S1(=O)=O. The minimum Gasteiger partial charge on any atom is -0.480 e. The lowest BCUT2D eigenvalue weighted by atomic mass is 10.2. The lowest BCUT2D eigenvalue weighted by molar-refractivity contribution is -0.141. The van der Waals surface area contributed by atoms with Crippen LogP contribution in [0, 0.1) is 0 Å². The molecule has 122 valence electrons. The van der Waals surface area contributed by atoms with Crippen LogP contribution in [-0.4, -0.2) is 29.8 Å². The fraction of sp³-hybridized carbons (Fsp3) is 0.267. The number of aliphatic carboxylic acids is 1. The van der Waals surface area contributed by atoms with Gasteiger partial charge < -0.3 is 5.11 Å². The quantitative estimate of drug-likeness (QED) is 0.828. The Kier molecular flexibility index (Phi) is 4.35. The summed E-state index contributed by atoms with van der Waals surface area (Å²) in [5, 5.41) is 9.23. The van der Waals surface area contributed by atoms with Crippen molar-refractivity contribution in [1.29, 1.82) is 0 Å². The lowest BCUT2D eigenvalue weighted by Crippen LogP contribution is -2.40. The number of carboxylic acid groups (broad SMARTS) is 1. The third-order valence-corrected chi connectivity index (χ3v) is 7.55. The number of carbonyl (C=O) groups is 1. The van der Waals surface area contributed by atoms with E-state index in [1.807, 2.05) is 24.3 Å².